The van der Waals surface area contributed by atoms with Gasteiger partial charge in [0.2, 0.25) is 0 Å². The van der Waals surface area contributed by atoms with Crippen LogP contribution in [0.4, 0.5) is 5.69 Å². The number of benzene rings is 2. The van der Waals surface area contributed by atoms with Gasteiger partial charge < -0.3 is 10.1 Å². The van der Waals surface area contributed by atoms with Gasteiger partial charge in [-0.25, -0.2) is 4.79 Å². The van der Waals surface area contributed by atoms with E-state index < -0.39 is 16.8 Å². The lowest BCUT2D eigenvalue weighted by atomic mass is 10.1. The van der Waals surface area contributed by atoms with E-state index in [1.54, 1.807) is 36.4 Å². The Labute approximate surface area is 137 Å². The third-order valence-corrected chi connectivity index (χ3v) is 3.08. The smallest absolute Gasteiger partial charge is 0.354 e. The number of hydrogen-bond acceptors (Lipinski definition) is 5. The van der Waals surface area contributed by atoms with Crippen molar-refractivity contribution in [1.29, 1.82) is 0 Å². The number of carbonyl (C=O) groups is 2. The van der Waals surface area contributed by atoms with Crippen LogP contribution in [0.1, 0.15) is 15.9 Å². The maximum absolute atomic E-state index is 12.2. The molecule has 2 aromatic carbocycles. The van der Waals surface area contributed by atoms with Crippen LogP contribution in [-0.2, 0) is 9.53 Å². The maximum atomic E-state index is 12.2. The minimum Gasteiger partial charge on any atom is -0.464 e. The zero-order chi connectivity index (χ0) is 17.5. The minimum atomic E-state index is -0.759. The molecule has 0 spiro atoms. The van der Waals surface area contributed by atoms with Crippen LogP contribution in [0.3, 0.4) is 0 Å². The summed E-state index contributed by atoms with van der Waals surface area (Å²) in [5.41, 5.74) is 0.513. The lowest BCUT2D eigenvalue weighted by Crippen LogP contribution is -2.28. The summed E-state index contributed by atoms with van der Waals surface area (Å²) in [5.74, 6) is -1.25. The van der Waals surface area contributed by atoms with Gasteiger partial charge in [-0.15, -0.1) is 0 Å². The highest BCUT2D eigenvalue weighted by molar-refractivity contribution is 6.03. The largest absolute Gasteiger partial charge is 0.464 e. The Morgan fingerprint density at radius 3 is 2.46 bits per heavy atom. The number of carbonyl (C=O) groups excluding carboxylic acids is 2. The van der Waals surface area contributed by atoms with E-state index in [0.29, 0.717) is 11.1 Å². The van der Waals surface area contributed by atoms with Crippen molar-refractivity contribution in [3.63, 3.8) is 0 Å². The van der Waals surface area contributed by atoms with E-state index in [1.807, 2.05) is 0 Å². The molecular weight excluding hydrogens is 312 g/mol. The van der Waals surface area contributed by atoms with Gasteiger partial charge in [-0.3, -0.25) is 14.9 Å². The third kappa shape index (κ3) is 4.26. The van der Waals surface area contributed by atoms with Crippen molar-refractivity contribution >= 4 is 23.6 Å². The number of hydrogen-bond donors (Lipinski definition) is 1. The molecule has 24 heavy (non-hydrogen) atoms. The van der Waals surface area contributed by atoms with Crippen LogP contribution < -0.4 is 5.32 Å². The van der Waals surface area contributed by atoms with E-state index in [-0.39, 0.29) is 11.4 Å². The third-order valence-electron chi connectivity index (χ3n) is 3.08. The number of methoxy groups -OCH3 is 1. The number of amides is 1. The number of nitro groups is 1. The number of rotatable bonds is 5. The van der Waals surface area contributed by atoms with Crippen LogP contribution in [-0.4, -0.2) is 23.9 Å². The average Bonchev–Trinajstić information content (AvgIpc) is 2.61. The Kier molecular flexibility index (Phi) is 5.40. The standard InChI is InChI=1S/C17H14N2O5/c1-24-17(21)15(18-16(20)13-7-3-2-4-8-13)11-12-6-5-9-14(10-12)19(22)23/h2-11H,1H3,(H,18,20). The summed E-state index contributed by atoms with van der Waals surface area (Å²) in [5, 5.41) is 13.3. The highest BCUT2D eigenvalue weighted by atomic mass is 16.6. The molecule has 7 nitrogen and oxygen atoms in total. The van der Waals surface area contributed by atoms with Crippen molar-refractivity contribution in [2.75, 3.05) is 7.11 Å². The van der Waals surface area contributed by atoms with Crippen LogP contribution in [0.2, 0.25) is 0 Å². The molecule has 1 N–H and O–H groups in total. The molecule has 0 bridgehead atoms. The van der Waals surface area contributed by atoms with E-state index in [1.165, 1.54) is 31.4 Å². The number of ether oxygens (including phenoxy) is 1. The Hall–Kier alpha value is -3.48. The van der Waals surface area contributed by atoms with Gasteiger partial charge in [0.1, 0.15) is 5.70 Å². The van der Waals surface area contributed by atoms with E-state index in [9.17, 15) is 19.7 Å². The molecule has 0 aliphatic rings. The van der Waals surface area contributed by atoms with Gasteiger partial charge >= 0.3 is 5.97 Å². The Bertz CT molecular complexity index is 800. The fourth-order valence-corrected chi connectivity index (χ4v) is 1.93. The topological polar surface area (TPSA) is 98.5 Å². The predicted octanol–water partition coefficient (Wildman–Crippen LogP) is 2.54. The molecule has 0 heterocycles. The van der Waals surface area contributed by atoms with Crippen LogP contribution >= 0.6 is 0 Å². The lowest BCUT2D eigenvalue weighted by Gasteiger charge is -2.08. The fourth-order valence-electron chi connectivity index (χ4n) is 1.93. The fraction of sp³-hybridized carbons (Fsp3) is 0.0588. The van der Waals surface area contributed by atoms with Crippen molar-refractivity contribution in [2.45, 2.75) is 0 Å². The quantitative estimate of drug-likeness (QED) is 0.394. The zero-order valence-electron chi connectivity index (χ0n) is 12.8. The summed E-state index contributed by atoms with van der Waals surface area (Å²) >= 11 is 0. The molecule has 2 aromatic rings. The molecule has 0 radical (unpaired) electrons. The van der Waals surface area contributed by atoms with Gasteiger partial charge in [0.25, 0.3) is 11.6 Å². The molecule has 0 atom stereocenters. The van der Waals surface area contributed by atoms with Gasteiger partial charge in [-0.2, -0.15) is 0 Å². The summed E-state index contributed by atoms with van der Waals surface area (Å²) < 4.78 is 4.64. The number of non-ortho nitro benzene ring substituents is 1. The number of nitrogens with one attached hydrogen (secondary N) is 1. The molecule has 2 rings (SSSR count). The number of nitro benzene ring substituents is 1. The van der Waals surface area contributed by atoms with Crippen LogP contribution in [0, 0.1) is 10.1 Å². The molecular formula is C17H14N2O5. The van der Waals surface area contributed by atoms with Crippen LogP contribution in [0.15, 0.2) is 60.3 Å². The van der Waals surface area contributed by atoms with E-state index in [4.69, 9.17) is 0 Å². The Morgan fingerprint density at radius 2 is 1.83 bits per heavy atom. The average molecular weight is 326 g/mol. The van der Waals surface area contributed by atoms with Crippen molar-refractivity contribution in [3.8, 4) is 0 Å². The SMILES string of the molecule is COC(=O)C(=Cc1cccc([N+](=O)[O-])c1)NC(=O)c1ccccc1. The van der Waals surface area contributed by atoms with Gasteiger partial charge in [0.05, 0.1) is 12.0 Å². The molecule has 0 unspecified atom stereocenters. The van der Waals surface area contributed by atoms with Crippen molar-refractivity contribution in [3.05, 3.63) is 81.5 Å². The molecule has 7 heteroatoms. The summed E-state index contributed by atoms with van der Waals surface area (Å²) in [4.78, 5) is 34.3. The molecule has 0 saturated carbocycles. The summed E-state index contributed by atoms with van der Waals surface area (Å²) in [6.07, 6.45) is 1.32. The zero-order valence-corrected chi connectivity index (χ0v) is 12.8. The van der Waals surface area contributed by atoms with Gasteiger partial charge in [0.15, 0.2) is 0 Å². The van der Waals surface area contributed by atoms with Gasteiger partial charge in [-0.1, -0.05) is 30.3 Å². The Morgan fingerprint density at radius 1 is 1.12 bits per heavy atom. The number of esters is 1. The van der Waals surface area contributed by atoms with Crippen molar-refractivity contribution in [2.24, 2.45) is 0 Å². The highest BCUT2D eigenvalue weighted by Gasteiger charge is 2.15. The second-order valence-corrected chi connectivity index (χ2v) is 4.72. The van der Waals surface area contributed by atoms with Crippen molar-refractivity contribution < 1.29 is 19.2 Å². The first-order chi connectivity index (χ1) is 11.5. The Balaban J connectivity index is 2.31. The minimum absolute atomic E-state index is 0.119. The van der Waals surface area contributed by atoms with Crippen molar-refractivity contribution in [1.82, 2.24) is 5.32 Å². The van der Waals surface area contributed by atoms with E-state index >= 15 is 0 Å². The molecule has 0 aliphatic heterocycles. The molecule has 1 amide bonds. The maximum Gasteiger partial charge on any atom is 0.354 e. The lowest BCUT2D eigenvalue weighted by molar-refractivity contribution is -0.384. The number of nitrogens with zero attached hydrogens (tertiary/aromatic N) is 1. The monoisotopic (exact) mass is 326 g/mol. The van der Waals surface area contributed by atoms with E-state index in [0.717, 1.165) is 0 Å². The van der Waals surface area contributed by atoms with Crippen LogP contribution in [0.5, 0.6) is 0 Å². The molecule has 0 aliphatic carbocycles. The predicted molar refractivity (Wildman–Crippen MR) is 87.0 cm³/mol. The second kappa shape index (κ2) is 7.68. The molecule has 122 valence electrons. The van der Waals surface area contributed by atoms with Gasteiger partial charge in [0, 0.05) is 17.7 Å². The summed E-state index contributed by atoms with van der Waals surface area (Å²) in [7, 11) is 1.18. The first-order valence-electron chi connectivity index (χ1n) is 6.92. The normalized spacial score (nSPS) is 10.8. The highest BCUT2D eigenvalue weighted by Crippen LogP contribution is 2.16. The second-order valence-electron chi connectivity index (χ2n) is 4.72. The summed E-state index contributed by atoms with van der Waals surface area (Å²) in [6, 6.07) is 14.0. The van der Waals surface area contributed by atoms with Gasteiger partial charge in [-0.05, 0) is 23.8 Å². The van der Waals surface area contributed by atoms with Crippen LogP contribution in [0.25, 0.3) is 6.08 Å². The summed E-state index contributed by atoms with van der Waals surface area (Å²) in [6.45, 7) is 0. The van der Waals surface area contributed by atoms with E-state index in [2.05, 4.69) is 10.1 Å². The first-order valence-corrected chi connectivity index (χ1v) is 6.92. The molecule has 0 saturated heterocycles. The molecule has 0 aromatic heterocycles. The molecule has 0 fully saturated rings. The first kappa shape index (κ1) is 16.9.